The van der Waals surface area contributed by atoms with Crippen LogP contribution in [0.2, 0.25) is 0 Å². The molecule has 2 amide bonds. The normalized spacial score (nSPS) is 15.5. The van der Waals surface area contributed by atoms with Crippen molar-refractivity contribution in [1.82, 2.24) is 9.38 Å². The van der Waals surface area contributed by atoms with Gasteiger partial charge in [-0.05, 0) is 31.1 Å². The van der Waals surface area contributed by atoms with E-state index in [-0.39, 0.29) is 23.0 Å². The molecule has 9 nitrogen and oxygen atoms in total. The molecule has 1 aliphatic rings. The summed E-state index contributed by atoms with van der Waals surface area (Å²) in [6, 6.07) is 6.83. The first-order chi connectivity index (χ1) is 12.9. The van der Waals surface area contributed by atoms with Gasteiger partial charge in [-0.1, -0.05) is 6.07 Å². The molecule has 0 unspecified atom stereocenters. The number of nitriles is 1. The minimum atomic E-state index is -0.923. The third-order valence-electron chi connectivity index (χ3n) is 4.62. The molecule has 1 fully saturated rings. The molecule has 0 radical (unpaired) electrons. The third-order valence-corrected chi connectivity index (χ3v) is 4.62. The van der Waals surface area contributed by atoms with Crippen molar-refractivity contribution >= 4 is 29.4 Å². The van der Waals surface area contributed by atoms with Crippen molar-refractivity contribution in [1.29, 1.82) is 5.26 Å². The van der Waals surface area contributed by atoms with Crippen LogP contribution in [0.3, 0.4) is 0 Å². The maximum Gasteiger partial charge on any atom is 0.267 e. The van der Waals surface area contributed by atoms with Gasteiger partial charge in [-0.3, -0.25) is 18.8 Å². The fourth-order valence-corrected chi connectivity index (χ4v) is 3.14. The molecule has 3 heterocycles. The summed E-state index contributed by atoms with van der Waals surface area (Å²) in [5.41, 5.74) is 10.4. The fourth-order valence-electron chi connectivity index (χ4n) is 3.14. The second-order valence-corrected chi connectivity index (χ2v) is 6.28. The van der Waals surface area contributed by atoms with Crippen LogP contribution < -0.4 is 21.9 Å². The second-order valence-electron chi connectivity index (χ2n) is 6.28. The lowest BCUT2D eigenvalue weighted by molar-refractivity contribution is -0.122. The summed E-state index contributed by atoms with van der Waals surface area (Å²) in [5.74, 6) is -1.14. The molecule has 0 aromatic carbocycles. The Morgan fingerprint density at radius 3 is 2.56 bits per heavy atom. The third kappa shape index (κ3) is 3.50. The van der Waals surface area contributed by atoms with E-state index in [0.717, 1.165) is 0 Å². The minimum Gasteiger partial charge on any atom is -0.369 e. The zero-order valence-electron chi connectivity index (χ0n) is 14.5. The summed E-state index contributed by atoms with van der Waals surface area (Å²) in [5, 5.41) is 9.15. The van der Waals surface area contributed by atoms with Crippen LogP contribution in [0.25, 0.3) is 11.7 Å². The fraction of sp³-hybridized carbons (Fsp3) is 0.278. The van der Waals surface area contributed by atoms with Crippen LogP contribution in [0.5, 0.6) is 0 Å². The lowest BCUT2D eigenvalue weighted by Gasteiger charge is -2.32. The molecule has 0 spiro atoms. The highest BCUT2D eigenvalue weighted by molar-refractivity contribution is 6.01. The number of piperidine rings is 1. The largest absolute Gasteiger partial charge is 0.369 e. The number of fused-ring (bicyclic) bond motifs is 1. The quantitative estimate of drug-likeness (QED) is 0.565. The van der Waals surface area contributed by atoms with Gasteiger partial charge in [-0.25, -0.2) is 4.98 Å². The number of anilines is 1. The maximum atomic E-state index is 13.0. The van der Waals surface area contributed by atoms with Gasteiger partial charge in [-0.15, -0.1) is 0 Å². The Balaban J connectivity index is 2.15. The van der Waals surface area contributed by atoms with Crippen LogP contribution in [0.4, 0.5) is 5.82 Å². The topological polar surface area (TPSA) is 148 Å². The number of nitrogens with two attached hydrogens (primary N) is 2. The molecule has 2 aromatic heterocycles. The number of rotatable bonds is 4. The van der Waals surface area contributed by atoms with E-state index in [1.165, 1.54) is 10.5 Å². The van der Waals surface area contributed by atoms with Gasteiger partial charge in [0.15, 0.2) is 0 Å². The molecule has 4 N–H and O–H groups in total. The summed E-state index contributed by atoms with van der Waals surface area (Å²) in [6.45, 7) is 0.949. The average molecular weight is 366 g/mol. The van der Waals surface area contributed by atoms with Crippen molar-refractivity contribution < 1.29 is 9.59 Å². The summed E-state index contributed by atoms with van der Waals surface area (Å²) in [7, 11) is 0. The van der Waals surface area contributed by atoms with Crippen molar-refractivity contribution in [2.24, 2.45) is 17.4 Å². The molecule has 27 heavy (non-hydrogen) atoms. The molecule has 0 atom stereocenters. The molecule has 3 rings (SSSR count). The highest BCUT2D eigenvalue weighted by Gasteiger charge is 2.26. The van der Waals surface area contributed by atoms with Gasteiger partial charge in [0.05, 0.1) is 5.56 Å². The minimum absolute atomic E-state index is 0.103. The van der Waals surface area contributed by atoms with Crippen LogP contribution in [-0.2, 0) is 9.59 Å². The lowest BCUT2D eigenvalue weighted by Crippen LogP contribution is -2.40. The van der Waals surface area contributed by atoms with Gasteiger partial charge in [-0.2, -0.15) is 5.26 Å². The van der Waals surface area contributed by atoms with Gasteiger partial charge in [0, 0.05) is 25.2 Å². The van der Waals surface area contributed by atoms with Crippen LogP contribution in [0, 0.1) is 17.2 Å². The molecule has 138 valence electrons. The Bertz CT molecular complexity index is 1040. The van der Waals surface area contributed by atoms with Gasteiger partial charge in [0.2, 0.25) is 5.91 Å². The maximum absolute atomic E-state index is 13.0. The van der Waals surface area contributed by atoms with E-state index in [2.05, 4.69) is 4.98 Å². The number of primary amides is 2. The van der Waals surface area contributed by atoms with Crippen molar-refractivity contribution in [2.75, 3.05) is 18.0 Å². The Kier molecular flexibility index (Phi) is 4.90. The van der Waals surface area contributed by atoms with Gasteiger partial charge < -0.3 is 16.4 Å². The van der Waals surface area contributed by atoms with Crippen molar-refractivity contribution in [3.05, 3.63) is 45.9 Å². The number of aromatic nitrogens is 2. The number of carbonyl (C=O) groups excluding carboxylic acids is 2. The first kappa shape index (κ1) is 18.1. The van der Waals surface area contributed by atoms with E-state index in [1.54, 1.807) is 30.5 Å². The standard InChI is InChI=1S/C18H18N6O3/c19-10-12(16(21)26)9-13-17(23-7-4-11(5-8-23)15(20)25)22-14-3-1-2-6-24(14)18(13)27/h1-3,6,9,11H,4-5,7-8H2,(H2,20,25)(H2,21,26)/b12-9+. The predicted octanol–water partition coefficient (Wildman–Crippen LogP) is -0.212. The molecular weight excluding hydrogens is 348 g/mol. The predicted molar refractivity (Wildman–Crippen MR) is 98.4 cm³/mol. The van der Waals surface area contributed by atoms with Gasteiger partial charge in [0.1, 0.15) is 23.1 Å². The molecular formula is C18H18N6O3. The van der Waals surface area contributed by atoms with Crippen LogP contribution in [-0.4, -0.2) is 34.3 Å². The molecule has 9 heteroatoms. The van der Waals surface area contributed by atoms with Gasteiger partial charge in [0.25, 0.3) is 11.5 Å². The van der Waals surface area contributed by atoms with Crippen LogP contribution in [0.15, 0.2) is 34.8 Å². The van der Waals surface area contributed by atoms with E-state index >= 15 is 0 Å². The molecule has 1 saturated heterocycles. The summed E-state index contributed by atoms with van der Waals surface area (Å²) < 4.78 is 1.33. The molecule has 0 aliphatic carbocycles. The molecule has 1 aliphatic heterocycles. The van der Waals surface area contributed by atoms with E-state index in [9.17, 15) is 14.4 Å². The Hall–Kier alpha value is -3.67. The molecule has 0 saturated carbocycles. The van der Waals surface area contributed by atoms with E-state index in [0.29, 0.717) is 37.4 Å². The number of carbonyl (C=O) groups is 2. The van der Waals surface area contributed by atoms with E-state index < -0.39 is 11.5 Å². The SMILES string of the molecule is N#C/C(=C\c1c(N2CCC(C(N)=O)CC2)nc2ccccn2c1=O)C(N)=O. The number of amides is 2. The highest BCUT2D eigenvalue weighted by atomic mass is 16.1. The van der Waals surface area contributed by atoms with Gasteiger partial charge >= 0.3 is 0 Å². The summed E-state index contributed by atoms with van der Waals surface area (Å²) in [6.07, 6.45) is 3.80. The Labute approximate surface area is 154 Å². The second kappa shape index (κ2) is 7.29. The Morgan fingerprint density at radius 1 is 1.26 bits per heavy atom. The van der Waals surface area contributed by atoms with E-state index in [4.69, 9.17) is 16.7 Å². The summed E-state index contributed by atoms with van der Waals surface area (Å²) in [4.78, 5) is 42.2. The van der Waals surface area contributed by atoms with Crippen LogP contribution >= 0.6 is 0 Å². The van der Waals surface area contributed by atoms with Crippen molar-refractivity contribution in [3.8, 4) is 6.07 Å². The number of pyridine rings is 1. The first-order valence-electron chi connectivity index (χ1n) is 8.39. The average Bonchev–Trinajstić information content (AvgIpc) is 2.67. The zero-order valence-corrected chi connectivity index (χ0v) is 14.5. The highest BCUT2D eigenvalue weighted by Crippen LogP contribution is 2.25. The Morgan fingerprint density at radius 2 is 1.96 bits per heavy atom. The van der Waals surface area contributed by atoms with Crippen molar-refractivity contribution in [2.45, 2.75) is 12.8 Å². The lowest BCUT2D eigenvalue weighted by atomic mass is 9.96. The van der Waals surface area contributed by atoms with E-state index in [1.807, 2.05) is 4.90 Å². The number of nitrogens with zero attached hydrogens (tertiary/aromatic N) is 4. The smallest absolute Gasteiger partial charge is 0.267 e. The molecule has 2 aromatic rings. The number of hydrogen-bond acceptors (Lipinski definition) is 6. The zero-order chi connectivity index (χ0) is 19.6. The van der Waals surface area contributed by atoms with Crippen molar-refractivity contribution in [3.63, 3.8) is 0 Å². The molecule has 0 bridgehead atoms. The number of hydrogen-bond donors (Lipinski definition) is 2. The van der Waals surface area contributed by atoms with Crippen LogP contribution in [0.1, 0.15) is 18.4 Å². The monoisotopic (exact) mass is 366 g/mol. The summed E-state index contributed by atoms with van der Waals surface area (Å²) >= 11 is 0. The first-order valence-corrected chi connectivity index (χ1v) is 8.39.